The van der Waals surface area contributed by atoms with E-state index in [0.29, 0.717) is 5.84 Å². The zero-order valence-corrected chi connectivity index (χ0v) is 14.7. The van der Waals surface area contributed by atoms with Crippen molar-refractivity contribution in [3.63, 3.8) is 0 Å². The summed E-state index contributed by atoms with van der Waals surface area (Å²) in [7, 11) is 2.14. The first kappa shape index (κ1) is 18.0. The maximum absolute atomic E-state index is 8.75. The summed E-state index contributed by atoms with van der Waals surface area (Å²) in [6.07, 6.45) is 3.10. The number of amidine groups is 1. The van der Waals surface area contributed by atoms with E-state index in [0.717, 1.165) is 36.8 Å². The van der Waals surface area contributed by atoms with Crippen molar-refractivity contribution in [3.8, 4) is 0 Å². The van der Waals surface area contributed by atoms with E-state index < -0.39 is 0 Å². The number of halogens is 1. The highest BCUT2D eigenvalue weighted by Gasteiger charge is 2.22. The molecule has 0 spiro atoms. The minimum atomic E-state index is -0.237. The van der Waals surface area contributed by atoms with Crippen LogP contribution in [0.2, 0.25) is 0 Å². The van der Waals surface area contributed by atoms with Crippen molar-refractivity contribution in [2.45, 2.75) is 39.7 Å². The Balaban J connectivity index is 2.28. The summed E-state index contributed by atoms with van der Waals surface area (Å²) in [5.41, 5.74) is 6.77. The lowest BCUT2D eigenvalue weighted by molar-refractivity contribution is 0.295. The molecular weight excluding hydrogens is 330 g/mol. The first-order valence-electron chi connectivity index (χ1n) is 7.26. The fraction of sp³-hybridized carbons (Fsp3) is 0.562. The number of benzene rings is 1. The molecule has 1 aromatic rings. The number of nitrogens with two attached hydrogens (primary N) is 1. The van der Waals surface area contributed by atoms with Crippen molar-refractivity contribution in [1.29, 1.82) is 0 Å². The third-order valence-corrected chi connectivity index (χ3v) is 4.29. The third-order valence-electron chi connectivity index (χ3n) is 3.76. The summed E-state index contributed by atoms with van der Waals surface area (Å²) in [5.74, 6) is 0.311. The molecule has 0 aromatic heterocycles. The quantitative estimate of drug-likeness (QED) is 0.245. The molecule has 21 heavy (non-hydrogen) atoms. The molecule has 0 bridgehead atoms. The van der Waals surface area contributed by atoms with Crippen molar-refractivity contribution in [3.05, 3.63) is 34.3 Å². The number of hydrogen-bond acceptors (Lipinski definition) is 3. The molecule has 118 valence electrons. The maximum Gasteiger partial charge on any atom is 0.144 e. The molecule has 0 fully saturated rings. The van der Waals surface area contributed by atoms with Crippen LogP contribution in [-0.4, -0.2) is 29.5 Å². The molecule has 0 radical (unpaired) electrons. The number of unbranched alkanes of at least 4 members (excludes halogenated alkanes) is 1. The van der Waals surface area contributed by atoms with E-state index in [4.69, 9.17) is 10.9 Å². The summed E-state index contributed by atoms with van der Waals surface area (Å²) in [6, 6.07) is 8.43. The summed E-state index contributed by atoms with van der Waals surface area (Å²) in [5, 5.41) is 11.9. The average Bonchev–Trinajstić information content (AvgIpc) is 2.45. The molecule has 1 aromatic carbocycles. The fourth-order valence-electron chi connectivity index (χ4n) is 2.19. The normalized spacial score (nSPS) is 12.9. The molecule has 0 aliphatic carbocycles. The number of nitrogens with zero attached hydrogens (tertiary/aromatic N) is 2. The third kappa shape index (κ3) is 6.48. The second-order valence-electron chi connectivity index (χ2n) is 6.19. The van der Waals surface area contributed by atoms with Crippen LogP contribution in [0.4, 0.5) is 0 Å². The van der Waals surface area contributed by atoms with E-state index in [-0.39, 0.29) is 5.41 Å². The Morgan fingerprint density at radius 1 is 1.29 bits per heavy atom. The van der Waals surface area contributed by atoms with Gasteiger partial charge in [0, 0.05) is 16.4 Å². The van der Waals surface area contributed by atoms with Gasteiger partial charge in [-0.15, -0.1) is 0 Å². The van der Waals surface area contributed by atoms with Crippen LogP contribution in [0.25, 0.3) is 0 Å². The van der Waals surface area contributed by atoms with Gasteiger partial charge in [0.15, 0.2) is 0 Å². The van der Waals surface area contributed by atoms with Crippen molar-refractivity contribution >= 4 is 21.8 Å². The Hall–Kier alpha value is -1.07. The van der Waals surface area contributed by atoms with Gasteiger partial charge in [-0.25, -0.2) is 0 Å². The zero-order chi connectivity index (χ0) is 15.9. The molecule has 0 aliphatic heterocycles. The highest BCUT2D eigenvalue weighted by atomic mass is 79.9. The molecule has 0 aliphatic rings. The Morgan fingerprint density at radius 3 is 2.48 bits per heavy atom. The SMILES string of the molecule is CN(CCCCC(C)(C)/C(N)=N/O)Cc1ccc(Br)cc1. The van der Waals surface area contributed by atoms with Gasteiger partial charge >= 0.3 is 0 Å². The summed E-state index contributed by atoms with van der Waals surface area (Å²) in [4.78, 5) is 2.32. The predicted octanol–water partition coefficient (Wildman–Crippen LogP) is 3.82. The molecule has 3 N–H and O–H groups in total. The predicted molar refractivity (Wildman–Crippen MR) is 91.5 cm³/mol. The van der Waals surface area contributed by atoms with Crippen molar-refractivity contribution < 1.29 is 5.21 Å². The van der Waals surface area contributed by atoms with Crippen LogP contribution in [0.15, 0.2) is 33.9 Å². The molecule has 0 unspecified atom stereocenters. The minimum absolute atomic E-state index is 0.237. The van der Waals surface area contributed by atoms with E-state index in [1.165, 1.54) is 5.56 Å². The fourth-order valence-corrected chi connectivity index (χ4v) is 2.46. The van der Waals surface area contributed by atoms with E-state index in [9.17, 15) is 0 Å². The highest BCUT2D eigenvalue weighted by molar-refractivity contribution is 9.10. The Kier molecular flexibility index (Phi) is 7.18. The topological polar surface area (TPSA) is 61.8 Å². The summed E-state index contributed by atoms with van der Waals surface area (Å²) in [6.45, 7) is 6.01. The van der Waals surface area contributed by atoms with Crippen molar-refractivity contribution in [1.82, 2.24) is 4.90 Å². The van der Waals surface area contributed by atoms with Crippen LogP contribution in [0.3, 0.4) is 0 Å². The van der Waals surface area contributed by atoms with Gasteiger partial charge in [0.1, 0.15) is 5.84 Å². The molecule has 0 atom stereocenters. The number of hydrogen-bond donors (Lipinski definition) is 2. The largest absolute Gasteiger partial charge is 0.409 e. The maximum atomic E-state index is 8.75. The summed E-state index contributed by atoms with van der Waals surface area (Å²) < 4.78 is 1.11. The lowest BCUT2D eigenvalue weighted by Gasteiger charge is -2.23. The standard InChI is InChI=1S/C16H26BrN3O/c1-16(2,15(18)19-21)10-4-5-11-20(3)12-13-6-8-14(17)9-7-13/h6-9,21H,4-5,10-12H2,1-3H3,(H2,18,19). The van der Waals surface area contributed by atoms with Crippen LogP contribution in [0.1, 0.15) is 38.7 Å². The minimum Gasteiger partial charge on any atom is -0.409 e. The first-order valence-corrected chi connectivity index (χ1v) is 8.05. The number of oxime groups is 1. The Bertz CT molecular complexity index is 457. The van der Waals surface area contributed by atoms with Crippen molar-refractivity contribution in [2.24, 2.45) is 16.3 Å². The monoisotopic (exact) mass is 355 g/mol. The van der Waals surface area contributed by atoms with E-state index >= 15 is 0 Å². The van der Waals surface area contributed by atoms with E-state index in [1.54, 1.807) is 0 Å². The number of rotatable bonds is 8. The van der Waals surface area contributed by atoms with Crippen LogP contribution in [0.5, 0.6) is 0 Å². The van der Waals surface area contributed by atoms with Gasteiger partial charge in [-0.1, -0.05) is 53.5 Å². The smallest absolute Gasteiger partial charge is 0.144 e. The molecule has 4 nitrogen and oxygen atoms in total. The van der Waals surface area contributed by atoms with Crippen LogP contribution < -0.4 is 5.73 Å². The second-order valence-corrected chi connectivity index (χ2v) is 7.11. The van der Waals surface area contributed by atoms with E-state index in [2.05, 4.69) is 57.3 Å². The molecule has 0 saturated heterocycles. The van der Waals surface area contributed by atoms with E-state index in [1.807, 2.05) is 13.8 Å². The first-order chi connectivity index (χ1) is 9.85. The zero-order valence-electron chi connectivity index (χ0n) is 13.1. The molecule has 5 heteroatoms. The van der Waals surface area contributed by atoms with Gasteiger partial charge in [-0.2, -0.15) is 0 Å². The molecule has 0 saturated carbocycles. The average molecular weight is 356 g/mol. The molecular formula is C16H26BrN3O. The van der Waals surface area contributed by atoms with Gasteiger partial charge in [0.05, 0.1) is 0 Å². The van der Waals surface area contributed by atoms with Gasteiger partial charge in [-0.05, 0) is 44.1 Å². The van der Waals surface area contributed by atoms with Crippen molar-refractivity contribution in [2.75, 3.05) is 13.6 Å². The Labute approximate surface area is 136 Å². The van der Waals surface area contributed by atoms with Crippen LogP contribution in [-0.2, 0) is 6.54 Å². The summed E-state index contributed by atoms with van der Waals surface area (Å²) >= 11 is 3.45. The van der Waals surface area contributed by atoms with Crippen LogP contribution in [0, 0.1) is 5.41 Å². The molecule has 0 heterocycles. The van der Waals surface area contributed by atoms with Gasteiger partial charge in [0.25, 0.3) is 0 Å². The van der Waals surface area contributed by atoms with Gasteiger partial charge in [0.2, 0.25) is 0 Å². The Morgan fingerprint density at radius 2 is 1.90 bits per heavy atom. The van der Waals surface area contributed by atoms with Gasteiger partial charge in [-0.3, -0.25) is 0 Å². The van der Waals surface area contributed by atoms with Gasteiger partial charge < -0.3 is 15.8 Å². The van der Waals surface area contributed by atoms with Crippen LogP contribution >= 0.6 is 15.9 Å². The lowest BCUT2D eigenvalue weighted by Crippen LogP contribution is -2.32. The molecule has 0 amide bonds. The second kappa shape index (κ2) is 8.39. The lowest BCUT2D eigenvalue weighted by atomic mass is 9.86. The molecule has 1 rings (SSSR count). The highest BCUT2D eigenvalue weighted by Crippen LogP contribution is 2.23.